The highest BCUT2D eigenvalue weighted by Crippen LogP contribution is 2.08. The summed E-state index contributed by atoms with van der Waals surface area (Å²) in [5.41, 5.74) is 6.85. The second-order valence-corrected chi connectivity index (χ2v) is 2.87. The number of thiocarbonyl (C=S) groups is 1. The number of hydrogen-bond donors (Lipinski definition) is 3. The van der Waals surface area contributed by atoms with E-state index >= 15 is 0 Å². The van der Waals surface area contributed by atoms with E-state index in [-0.39, 0.29) is 6.17 Å². The maximum absolute atomic E-state index is 4.89. The summed E-state index contributed by atoms with van der Waals surface area (Å²) in [6.07, 6.45) is 3.57. The molecule has 2 rings (SSSR count). The maximum atomic E-state index is 4.89. The molecule has 5 heteroatoms. The van der Waals surface area contributed by atoms with Crippen molar-refractivity contribution in [3.05, 3.63) is 30.1 Å². The number of pyridine rings is 1. The van der Waals surface area contributed by atoms with E-state index in [1.54, 1.807) is 12.4 Å². The molecule has 0 aliphatic carbocycles. The molecule has 1 unspecified atom stereocenters. The third-order valence-corrected chi connectivity index (χ3v) is 1.84. The predicted octanol–water partition coefficient (Wildman–Crippen LogP) is 0.0625. The normalized spacial score (nSPS) is 21.7. The standard InChI is InChI=1S/C7H8N4S/c12-7-9-6(10-11-7)5-2-1-3-8-4-5/h1-4,6,10H,(H2,9,11,12). The molecule has 0 radical (unpaired) electrons. The average Bonchev–Trinajstić information content (AvgIpc) is 2.54. The van der Waals surface area contributed by atoms with Crippen molar-refractivity contribution in [2.24, 2.45) is 0 Å². The largest absolute Gasteiger partial charge is 0.341 e. The average molecular weight is 180 g/mol. The molecule has 0 bridgehead atoms. The van der Waals surface area contributed by atoms with Crippen molar-refractivity contribution in [3.8, 4) is 0 Å². The van der Waals surface area contributed by atoms with Crippen LogP contribution in [0.1, 0.15) is 11.7 Å². The van der Waals surface area contributed by atoms with Gasteiger partial charge in [-0.25, -0.2) is 5.43 Å². The van der Waals surface area contributed by atoms with Crippen LogP contribution in [0.5, 0.6) is 0 Å². The Bertz CT molecular complexity index is 287. The van der Waals surface area contributed by atoms with Crippen molar-refractivity contribution in [1.82, 2.24) is 21.2 Å². The lowest BCUT2D eigenvalue weighted by molar-refractivity contribution is 0.553. The fourth-order valence-electron chi connectivity index (χ4n) is 1.05. The molecular formula is C7H8N4S. The molecular weight excluding hydrogens is 172 g/mol. The smallest absolute Gasteiger partial charge is 0.182 e. The minimum Gasteiger partial charge on any atom is -0.341 e. The Labute approximate surface area is 75.4 Å². The van der Waals surface area contributed by atoms with E-state index in [9.17, 15) is 0 Å². The Hall–Kier alpha value is -1.20. The van der Waals surface area contributed by atoms with Crippen LogP contribution in [0.25, 0.3) is 0 Å². The van der Waals surface area contributed by atoms with Gasteiger partial charge in [0.1, 0.15) is 6.17 Å². The summed E-state index contributed by atoms with van der Waals surface area (Å²) in [7, 11) is 0. The van der Waals surface area contributed by atoms with Crippen LogP contribution < -0.4 is 16.2 Å². The zero-order valence-electron chi connectivity index (χ0n) is 6.24. The van der Waals surface area contributed by atoms with Gasteiger partial charge in [0.2, 0.25) is 0 Å². The second kappa shape index (κ2) is 3.04. The van der Waals surface area contributed by atoms with Crippen molar-refractivity contribution in [3.63, 3.8) is 0 Å². The van der Waals surface area contributed by atoms with E-state index in [2.05, 4.69) is 21.2 Å². The fraction of sp³-hybridized carbons (Fsp3) is 0.143. The minimum atomic E-state index is 0.0335. The molecule has 0 aromatic carbocycles. The highest BCUT2D eigenvalue weighted by molar-refractivity contribution is 7.80. The number of aromatic nitrogens is 1. The Kier molecular flexibility index (Phi) is 1.89. The van der Waals surface area contributed by atoms with Crippen molar-refractivity contribution < 1.29 is 0 Å². The second-order valence-electron chi connectivity index (χ2n) is 2.46. The molecule has 0 saturated carbocycles. The maximum Gasteiger partial charge on any atom is 0.182 e. The van der Waals surface area contributed by atoms with Gasteiger partial charge in [0, 0.05) is 18.0 Å². The molecule has 0 amide bonds. The molecule has 4 nitrogen and oxygen atoms in total. The van der Waals surface area contributed by atoms with Crippen LogP contribution in [0.15, 0.2) is 24.5 Å². The molecule has 12 heavy (non-hydrogen) atoms. The number of nitrogens with zero attached hydrogens (tertiary/aromatic N) is 1. The van der Waals surface area contributed by atoms with Gasteiger partial charge in [-0.3, -0.25) is 10.4 Å². The third-order valence-electron chi connectivity index (χ3n) is 1.62. The Morgan fingerprint density at radius 3 is 3.00 bits per heavy atom. The van der Waals surface area contributed by atoms with Crippen LogP contribution in [0, 0.1) is 0 Å². The van der Waals surface area contributed by atoms with E-state index in [0.717, 1.165) is 5.56 Å². The van der Waals surface area contributed by atoms with Crippen LogP contribution in [-0.2, 0) is 0 Å². The molecule has 0 spiro atoms. The third kappa shape index (κ3) is 1.37. The van der Waals surface area contributed by atoms with E-state index in [0.29, 0.717) is 5.11 Å². The Morgan fingerprint density at radius 2 is 2.42 bits per heavy atom. The van der Waals surface area contributed by atoms with Crippen molar-refractivity contribution in [2.45, 2.75) is 6.17 Å². The molecule has 1 aliphatic rings. The monoisotopic (exact) mass is 180 g/mol. The summed E-state index contributed by atoms with van der Waals surface area (Å²) >= 11 is 4.89. The number of nitrogens with one attached hydrogen (secondary N) is 3. The first-order valence-electron chi connectivity index (χ1n) is 3.58. The van der Waals surface area contributed by atoms with Gasteiger partial charge in [0.15, 0.2) is 5.11 Å². The first-order chi connectivity index (χ1) is 5.86. The molecule has 1 saturated heterocycles. The van der Waals surface area contributed by atoms with Crippen molar-refractivity contribution in [1.29, 1.82) is 0 Å². The van der Waals surface area contributed by atoms with Crippen LogP contribution >= 0.6 is 12.2 Å². The van der Waals surface area contributed by atoms with Gasteiger partial charge in [-0.05, 0) is 18.3 Å². The van der Waals surface area contributed by atoms with Crippen molar-refractivity contribution >= 4 is 17.3 Å². The molecule has 1 fully saturated rings. The summed E-state index contributed by atoms with van der Waals surface area (Å²) < 4.78 is 0. The molecule has 62 valence electrons. The number of rotatable bonds is 1. The molecule has 1 aliphatic heterocycles. The lowest BCUT2D eigenvalue weighted by Gasteiger charge is -2.07. The SMILES string of the molecule is S=C1NNC(c2cccnc2)N1. The highest BCUT2D eigenvalue weighted by Gasteiger charge is 2.17. The molecule has 1 atom stereocenters. The minimum absolute atomic E-state index is 0.0335. The van der Waals surface area contributed by atoms with Gasteiger partial charge >= 0.3 is 0 Å². The Morgan fingerprint density at radius 1 is 1.50 bits per heavy atom. The molecule has 1 aromatic rings. The van der Waals surface area contributed by atoms with Crippen LogP contribution in [0.3, 0.4) is 0 Å². The topological polar surface area (TPSA) is 49.0 Å². The van der Waals surface area contributed by atoms with Gasteiger partial charge in [-0.2, -0.15) is 0 Å². The first-order valence-corrected chi connectivity index (χ1v) is 3.99. The van der Waals surface area contributed by atoms with Gasteiger partial charge in [0.25, 0.3) is 0 Å². The fourth-order valence-corrected chi connectivity index (χ4v) is 1.23. The predicted molar refractivity (Wildman–Crippen MR) is 49.0 cm³/mol. The lowest BCUT2D eigenvalue weighted by Crippen LogP contribution is -2.26. The zero-order valence-corrected chi connectivity index (χ0v) is 7.06. The quantitative estimate of drug-likeness (QED) is 0.534. The molecule has 1 aromatic heterocycles. The summed E-state index contributed by atoms with van der Waals surface area (Å²) in [4.78, 5) is 4.00. The molecule has 3 N–H and O–H groups in total. The van der Waals surface area contributed by atoms with E-state index in [4.69, 9.17) is 12.2 Å². The van der Waals surface area contributed by atoms with E-state index < -0.39 is 0 Å². The van der Waals surface area contributed by atoms with Crippen LogP contribution in [0.2, 0.25) is 0 Å². The van der Waals surface area contributed by atoms with E-state index in [1.807, 2.05) is 12.1 Å². The lowest BCUT2D eigenvalue weighted by atomic mass is 10.2. The van der Waals surface area contributed by atoms with Gasteiger partial charge < -0.3 is 5.32 Å². The summed E-state index contributed by atoms with van der Waals surface area (Å²) in [5.74, 6) is 0. The number of hydrazine groups is 1. The van der Waals surface area contributed by atoms with Crippen molar-refractivity contribution in [2.75, 3.05) is 0 Å². The van der Waals surface area contributed by atoms with Gasteiger partial charge in [0.05, 0.1) is 0 Å². The highest BCUT2D eigenvalue weighted by atomic mass is 32.1. The summed E-state index contributed by atoms with van der Waals surface area (Å²) in [5, 5.41) is 3.65. The summed E-state index contributed by atoms with van der Waals surface area (Å²) in [6, 6.07) is 3.87. The zero-order chi connectivity index (χ0) is 8.39. The Balaban J connectivity index is 2.16. The van der Waals surface area contributed by atoms with E-state index in [1.165, 1.54) is 0 Å². The molecule has 2 heterocycles. The van der Waals surface area contributed by atoms with Crippen LogP contribution in [-0.4, -0.2) is 10.1 Å². The van der Waals surface area contributed by atoms with Gasteiger partial charge in [-0.15, -0.1) is 0 Å². The number of hydrogen-bond acceptors (Lipinski definition) is 3. The summed E-state index contributed by atoms with van der Waals surface area (Å²) in [6.45, 7) is 0. The van der Waals surface area contributed by atoms with Gasteiger partial charge in [-0.1, -0.05) is 6.07 Å². The first kappa shape index (κ1) is 7.45. The van der Waals surface area contributed by atoms with Crippen LogP contribution in [0.4, 0.5) is 0 Å².